The van der Waals surface area contributed by atoms with E-state index < -0.39 is 10.0 Å². The van der Waals surface area contributed by atoms with Gasteiger partial charge in [-0.2, -0.15) is 4.98 Å². The molecule has 0 radical (unpaired) electrons. The van der Waals surface area contributed by atoms with Gasteiger partial charge in [-0.15, -0.1) is 0 Å². The van der Waals surface area contributed by atoms with Crippen LogP contribution in [0.5, 0.6) is 0 Å². The van der Waals surface area contributed by atoms with Crippen LogP contribution >= 0.6 is 0 Å². The van der Waals surface area contributed by atoms with Gasteiger partial charge in [0.1, 0.15) is 5.82 Å². The summed E-state index contributed by atoms with van der Waals surface area (Å²) in [6.07, 6.45) is 2.15. The first-order chi connectivity index (χ1) is 19.8. The lowest BCUT2D eigenvalue weighted by Gasteiger charge is -2.19. The zero-order chi connectivity index (χ0) is 28.8. The average Bonchev–Trinajstić information content (AvgIpc) is 3.36. The number of nitrogens with one attached hydrogen (secondary N) is 3. The number of hydrogen-bond donors (Lipinski definition) is 3. The van der Waals surface area contributed by atoms with E-state index in [9.17, 15) is 8.42 Å². The molecule has 0 saturated carbocycles. The highest BCUT2D eigenvalue weighted by Crippen LogP contribution is 2.28. The zero-order valence-corrected chi connectivity index (χ0v) is 24.2. The van der Waals surface area contributed by atoms with Crippen molar-refractivity contribution in [3.8, 4) is 0 Å². The third kappa shape index (κ3) is 6.82. The molecule has 0 aliphatic heterocycles. The number of nitrogens with zero attached hydrogens (tertiary/aromatic N) is 5. The molecule has 0 amide bonds. The van der Waals surface area contributed by atoms with Crippen molar-refractivity contribution < 1.29 is 8.42 Å². The van der Waals surface area contributed by atoms with E-state index in [1.165, 1.54) is 12.6 Å². The summed E-state index contributed by atoms with van der Waals surface area (Å²) >= 11 is 0. The molecule has 0 spiro atoms. The molecule has 0 fully saturated rings. The second kappa shape index (κ2) is 12.4. The Labute approximate surface area is 240 Å². The number of benzene rings is 3. The fourth-order valence-corrected chi connectivity index (χ4v) is 5.23. The van der Waals surface area contributed by atoms with Crippen molar-refractivity contribution >= 4 is 50.1 Å². The zero-order valence-electron chi connectivity index (χ0n) is 23.4. The maximum atomic E-state index is 11.7. The summed E-state index contributed by atoms with van der Waals surface area (Å²) in [5.41, 5.74) is 5.87. The fraction of sp³-hybridized carbons (Fsp3) is 0.233. The lowest BCUT2D eigenvalue weighted by atomic mass is 10.1. The minimum Gasteiger partial charge on any atom is -0.352 e. The molecule has 10 nitrogen and oxygen atoms in total. The van der Waals surface area contributed by atoms with Crippen LogP contribution in [0.3, 0.4) is 0 Å². The Morgan fingerprint density at radius 2 is 1.71 bits per heavy atom. The Hall–Kier alpha value is -4.48. The Balaban J connectivity index is 1.29. The molecule has 41 heavy (non-hydrogen) atoms. The molecular weight excluding hydrogens is 536 g/mol. The number of hydrogen-bond acceptors (Lipinski definition) is 8. The van der Waals surface area contributed by atoms with Crippen LogP contribution in [0.1, 0.15) is 18.1 Å². The topological polar surface area (TPSA) is 117 Å². The molecule has 2 heterocycles. The molecule has 5 rings (SSSR count). The van der Waals surface area contributed by atoms with Crippen LogP contribution < -0.4 is 20.3 Å². The van der Waals surface area contributed by atoms with Crippen molar-refractivity contribution in [3.63, 3.8) is 0 Å². The number of anilines is 5. The molecule has 3 aromatic carbocycles. The number of aromatic nitrogens is 4. The van der Waals surface area contributed by atoms with Crippen LogP contribution in [0.15, 0.2) is 85.1 Å². The van der Waals surface area contributed by atoms with Crippen LogP contribution in [-0.4, -0.2) is 47.8 Å². The van der Waals surface area contributed by atoms with E-state index in [-0.39, 0.29) is 5.75 Å². The molecule has 0 saturated heterocycles. The molecular formula is C30H34N8O2S. The normalized spacial score (nSPS) is 11.5. The van der Waals surface area contributed by atoms with Gasteiger partial charge in [-0.3, -0.25) is 0 Å². The van der Waals surface area contributed by atoms with Crippen molar-refractivity contribution in [1.29, 1.82) is 0 Å². The second-order valence-electron chi connectivity index (χ2n) is 9.58. The highest BCUT2D eigenvalue weighted by molar-refractivity contribution is 7.89. The van der Waals surface area contributed by atoms with Gasteiger partial charge in [0.15, 0.2) is 0 Å². The molecule has 3 N–H and O–H groups in total. The van der Waals surface area contributed by atoms with E-state index in [1.54, 1.807) is 6.20 Å². The van der Waals surface area contributed by atoms with Crippen molar-refractivity contribution in [2.75, 3.05) is 35.4 Å². The van der Waals surface area contributed by atoms with Gasteiger partial charge in [0.25, 0.3) is 0 Å². The van der Waals surface area contributed by atoms with Crippen molar-refractivity contribution in [2.24, 2.45) is 0 Å². The summed E-state index contributed by atoms with van der Waals surface area (Å²) in [4.78, 5) is 16.0. The maximum absolute atomic E-state index is 11.7. The second-order valence-corrected chi connectivity index (χ2v) is 11.6. The van der Waals surface area contributed by atoms with Crippen LogP contribution in [0.4, 0.5) is 29.1 Å². The van der Waals surface area contributed by atoms with E-state index in [0.717, 1.165) is 46.3 Å². The van der Waals surface area contributed by atoms with Gasteiger partial charge in [0, 0.05) is 37.7 Å². The van der Waals surface area contributed by atoms with E-state index in [0.29, 0.717) is 18.9 Å². The van der Waals surface area contributed by atoms with Crippen molar-refractivity contribution in [3.05, 3.63) is 96.2 Å². The number of imidazole rings is 1. The quantitative estimate of drug-likeness (QED) is 0.191. The van der Waals surface area contributed by atoms with Crippen molar-refractivity contribution in [1.82, 2.24) is 24.2 Å². The lowest BCUT2D eigenvalue weighted by Crippen LogP contribution is -2.23. The van der Waals surface area contributed by atoms with Crippen LogP contribution in [0, 0.1) is 0 Å². The van der Waals surface area contributed by atoms with Gasteiger partial charge in [0.05, 0.1) is 16.8 Å². The summed E-state index contributed by atoms with van der Waals surface area (Å²) < 4.78 is 27.9. The Bertz CT molecular complexity index is 1720. The van der Waals surface area contributed by atoms with Crippen LogP contribution in [0.25, 0.3) is 11.0 Å². The van der Waals surface area contributed by atoms with Crippen molar-refractivity contribution in [2.45, 2.75) is 26.4 Å². The van der Waals surface area contributed by atoms with Gasteiger partial charge in [0.2, 0.25) is 21.9 Å². The fourth-order valence-electron chi connectivity index (χ4n) is 4.53. The van der Waals surface area contributed by atoms with Gasteiger partial charge in [-0.25, -0.2) is 23.1 Å². The molecule has 2 aromatic heterocycles. The highest BCUT2D eigenvalue weighted by Gasteiger charge is 2.14. The van der Waals surface area contributed by atoms with Crippen LogP contribution in [-0.2, 0) is 29.5 Å². The number of sulfonamides is 1. The SMILES string of the molecule is CCn1c(NCc2ccccc2)nc2cc(N(C)c3ccnc(Nc4ccc(CCS(=O)(=O)NC)cc4)n3)ccc21. The van der Waals surface area contributed by atoms with E-state index >= 15 is 0 Å². The minimum atomic E-state index is -3.24. The lowest BCUT2D eigenvalue weighted by molar-refractivity contribution is 0.587. The third-order valence-electron chi connectivity index (χ3n) is 6.89. The van der Waals surface area contributed by atoms with Gasteiger partial charge >= 0.3 is 0 Å². The Morgan fingerprint density at radius 1 is 0.927 bits per heavy atom. The van der Waals surface area contributed by atoms with Gasteiger partial charge in [-0.05, 0) is 67.9 Å². The summed E-state index contributed by atoms with van der Waals surface area (Å²) in [7, 11) is 0.150. The van der Waals surface area contributed by atoms with E-state index in [4.69, 9.17) is 9.97 Å². The summed E-state index contributed by atoms with van der Waals surface area (Å²) in [6, 6.07) is 26.0. The summed E-state index contributed by atoms with van der Waals surface area (Å²) in [6.45, 7) is 3.63. The predicted molar refractivity (Wildman–Crippen MR) is 166 cm³/mol. The smallest absolute Gasteiger partial charge is 0.229 e. The molecule has 212 valence electrons. The monoisotopic (exact) mass is 570 g/mol. The summed E-state index contributed by atoms with van der Waals surface area (Å²) in [5, 5.41) is 6.71. The standard InChI is InChI=1S/C30H34N8O2S/c1-4-38-27-15-14-25(20-26(27)35-30(38)33-21-23-8-6-5-7-9-23)37(3)28-16-18-32-29(36-28)34-24-12-10-22(11-13-24)17-19-41(39,40)31-2/h5-16,18,20,31H,4,17,19,21H2,1-3H3,(H,33,35)(H,32,34,36). The molecule has 0 bridgehead atoms. The first kappa shape index (κ1) is 28.1. The minimum absolute atomic E-state index is 0.0454. The summed E-state index contributed by atoms with van der Waals surface area (Å²) in [5.74, 6) is 2.08. The maximum Gasteiger partial charge on any atom is 0.229 e. The molecule has 0 aliphatic rings. The number of rotatable bonds is 12. The molecule has 11 heteroatoms. The average molecular weight is 571 g/mol. The predicted octanol–water partition coefficient (Wildman–Crippen LogP) is 5.06. The molecule has 0 aliphatic carbocycles. The van der Waals surface area contributed by atoms with Crippen LogP contribution in [0.2, 0.25) is 0 Å². The van der Waals surface area contributed by atoms with E-state index in [2.05, 4.69) is 62.2 Å². The molecule has 0 unspecified atom stereocenters. The number of fused-ring (bicyclic) bond motifs is 1. The Kier molecular flexibility index (Phi) is 8.46. The molecule has 5 aromatic rings. The number of aryl methyl sites for hydroxylation is 2. The molecule has 0 atom stereocenters. The first-order valence-electron chi connectivity index (χ1n) is 13.5. The van der Waals surface area contributed by atoms with E-state index in [1.807, 2.05) is 60.5 Å². The largest absolute Gasteiger partial charge is 0.352 e. The van der Waals surface area contributed by atoms with Gasteiger partial charge < -0.3 is 20.1 Å². The van der Waals surface area contributed by atoms with Gasteiger partial charge in [-0.1, -0.05) is 42.5 Å². The highest BCUT2D eigenvalue weighted by atomic mass is 32.2. The first-order valence-corrected chi connectivity index (χ1v) is 15.1. The Morgan fingerprint density at radius 3 is 2.44 bits per heavy atom. The third-order valence-corrected chi connectivity index (χ3v) is 8.26.